The molecule has 39 heavy (non-hydrogen) atoms. The Hall–Kier alpha value is -4.79. The van der Waals surface area contributed by atoms with Crippen LogP contribution in [0.15, 0.2) is 53.8 Å². The highest BCUT2D eigenvalue weighted by molar-refractivity contribution is 6.31. The Balaban J connectivity index is 1.58. The number of hydrogen-bond acceptors (Lipinski definition) is 8. The number of ether oxygens (including phenoxy) is 3. The van der Waals surface area contributed by atoms with E-state index in [0.717, 1.165) is 0 Å². The second kappa shape index (κ2) is 7.63. The maximum atomic E-state index is 13.9. The van der Waals surface area contributed by atoms with Crippen molar-refractivity contribution in [3.63, 3.8) is 0 Å². The Morgan fingerprint density at radius 1 is 1.05 bits per heavy atom. The highest BCUT2D eigenvalue weighted by Gasteiger charge is 2.85. The molecule has 5 aliphatic rings. The lowest BCUT2D eigenvalue weighted by molar-refractivity contribution is -0.137. The molecule has 8 nitrogen and oxygen atoms in total. The molecule has 1 fully saturated rings. The normalized spacial score (nSPS) is 30.1. The number of phenolic OH excluding ortho intramolecular Hbond substituents is 1. The van der Waals surface area contributed by atoms with Crippen molar-refractivity contribution in [2.75, 3.05) is 19.5 Å². The number of epoxide rings is 1. The average Bonchev–Trinajstić information content (AvgIpc) is 3.67. The zero-order valence-electron chi connectivity index (χ0n) is 21.2. The number of rotatable bonds is 2. The van der Waals surface area contributed by atoms with Gasteiger partial charge in [0, 0.05) is 22.6 Å². The molecule has 0 amide bonds. The molecule has 192 valence electrons. The molecule has 0 radical (unpaired) electrons. The number of carbonyl (C=O) groups excluding carboxylic acids is 3. The van der Waals surface area contributed by atoms with Gasteiger partial charge in [-0.3, -0.25) is 9.59 Å². The van der Waals surface area contributed by atoms with Crippen LogP contribution < -0.4 is 5.32 Å². The summed E-state index contributed by atoms with van der Waals surface area (Å²) >= 11 is 0. The summed E-state index contributed by atoms with van der Waals surface area (Å²) in [6.45, 7) is 1.84. The van der Waals surface area contributed by atoms with Crippen molar-refractivity contribution in [3.8, 4) is 29.4 Å². The van der Waals surface area contributed by atoms with Gasteiger partial charge in [0.25, 0.3) is 0 Å². The third-order valence-corrected chi connectivity index (χ3v) is 8.50. The van der Waals surface area contributed by atoms with Gasteiger partial charge in [0.2, 0.25) is 0 Å². The van der Waals surface area contributed by atoms with Crippen molar-refractivity contribution in [3.05, 3.63) is 81.6 Å². The number of nitrogens with one attached hydrogen (secondary N) is 1. The van der Waals surface area contributed by atoms with E-state index < -0.39 is 46.6 Å². The van der Waals surface area contributed by atoms with Gasteiger partial charge in [0.15, 0.2) is 11.6 Å². The summed E-state index contributed by atoms with van der Waals surface area (Å²) in [5, 5.41) is 14.6. The van der Waals surface area contributed by atoms with Gasteiger partial charge >= 0.3 is 5.97 Å². The predicted octanol–water partition coefficient (Wildman–Crippen LogP) is 2.84. The fraction of sp³-hybridized carbons (Fsp3) is 0.258. The monoisotopic (exact) mass is 519 g/mol. The number of benzene rings is 2. The summed E-state index contributed by atoms with van der Waals surface area (Å²) in [6, 6.07) is 7.29. The highest BCUT2D eigenvalue weighted by Crippen LogP contribution is 2.74. The molecule has 1 saturated heterocycles. The molecule has 7 rings (SSSR count). The van der Waals surface area contributed by atoms with Crippen molar-refractivity contribution in [1.29, 1.82) is 0 Å². The largest absolute Gasteiger partial charge is 0.507 e. The molecule has 2 N–H and O–H groups in total. The Kier molecular flexibility index (Phi) is 4.56. The van der Waals surface area contributed by atoms with Gasteiger partial charge in [-0.2, -0.15) is 0 Å². The van der Waals surface area contributed by atoms with E-state index in [0.29, 0.717) is 11.3 Å². The third-order valence-electron chi connectivity index (χ3n) is 8.50. The van der Waals surface area contributed by atoms with E-state index in [2.05, 4.69) is 29.0 Å². The number of aromatic hydroxyl groups is 1. The summed E-state index contributed by atoms with van der Waals surface area (Å²) in [5.74, 6) is 9.48. The maximum Gasteiger partial charge on any atom is 0.337 e. The zero-order chi connectivity index (χ0) is 27.3. The Morgan fingerprint density at radius 3 is 2.38 bits per heavy atom. The molecule has 5 atom stereocenters. The summed E-state index contributed by atoms with van der Waals surface area (Å²) in [5.41, 5.74) is -0.781. The molecular weight excluding hydrogens is 498 g/mol. The van der Waals surface area contributed by atoms with Crippen LogP contribution in [0.3, 0.4) is 0 Å². The van der Waals surface area contributed by atoms with Crippen LogP contribution in [0.5, 0.6) is 5.75 Å². The number of methoxy groups -OCH3 is 2. The second-order valence-electron chi connectivity index (χ2n) is 10.0. The fourth-order valence-electron chi connectivity index (χ4n) is 6.89. The van der Waals surface area contributed by atoms with E-state index in [1.807, 2.05) is 6.92 Å². The van der Waals surface area contributed by atoms with Crippen LogP contribution in [0, 0.1) is 35.5 Å². The highest BCUT2D eigenvalue weighted by atomic mass is 16.6. The smallest absolute Gasteiger partial charge is 0.337 e. The van der Waals surface area contributed by atoms with E-state index in [1.54, 1.807) is 36.4 Å². The number of allylic oxidation sites excluding steroid dienone is 2. The van der Waals surface area contributed by atoms with Crippen molar-refractivity contribution in [2.24, 2.45) is 11.8 Å². The minimum atomic E-state index is -1.24. The molecule has 0 aromatic heterocycles. The van der Waals surface area contributed by atoms with E-state index >= 15 is 0 Å². The van der Waals surface area contributed by atoms with Crippen molar-refractivity contribution >= 4 is 23.2 Å². The molecule has 4 bridgehead atoms. The number of fused-ring (bicyclic) bond motifs is 4. The molecule has 5 unspecified atom stereocenters. The Morgan fingerprint density at radius 2 is 1.72 bits per heavy atom. The summed E-state index contributed by atoms with van der Waals surface area (Å²) < 4.78 is 17.6. The van der Waals surface area contributed by atoms with Crippen LogP contribution in [-0.2, 0) is 24.6 Å². The SMILES string of the molecule is COC(=O)C1=C(OC)C2C#CC=CC#CC3Nc4c(cc(O)c5c4C(=O)c4ccccc4C5=O)C24OC34C1C. The minimum absolute atomic E-state index is 0.0626. The van der Waals surface area contributed by atoms with Gasteiger partial charge in [-0.05, 0) is 18.2 Å². The first kappa shape index (κ1) is 23.3. The number of anilines is 1. The lowest BCUT2D eigenvalue weighted by Gasteiger charge is -2.43. The van der Waals surface area contributed by atoms with E-state index in [9.17, 15) is 19.5 Å². The molecule has 0 saturated carbocycles. The third kappa shape index (κ3) is 2.57. The zero-order valence-corrected chi connectivity index (χ0v) is 21.2. The predicted molar refractivity (Wildman–Crippen MR) is 138 cm³/mol. The standard InChI is InChI=1S/C31H21NO7/c1-15-22(29(36)38-3)28(37-2)18-12-6-4-5-7-13-21-30(15)31(18,39-30)19-14-20(33)23-24(25(19)32-21)27(35)17-11-9-8-10-16(17)26(23)34/h4-5,8-11,14-15,18,21,32-33H,1-3H3. The van der Waals surface area contributed by atoms with Gasteiger partial charge in [-0.1, -0.05) is 54.9 Å². The molecule has 2 heterocycles. The van der Waals surface area contributed by atoms with Gasteiger partial charge in [0.1, 0.15) is 34.7 Å². The second-order valence-corrected chi connectivity index (χ2v) is 10.0. The van der Waals surface area contributed by atoms with Crippen LogP contribution in [0.4, 0.5) is 5.69 Å². The number of phenols is 1. The summed E-state index contributed by atoms with van der Waals surface area (Å²) in [6.07, 6.45) is 3.22. The fourth-order valence-corrected chi connectivity index (χ4v) is 6.89. The number of ketones is 2. The van der Waals surface area contributed by atoms with Gasteiger partial charge in [0.05, 0.1) is 36.6 Å². The lowest BCUT2D eigenvalue weighted by Crippen LogP contribution is -2.55. The molecule has 2 aliphatic heterocycles. The van der Waals surface area contributed by atoms with Gasteiger partial charge in [-0.25, -0.2) is 4.79 Å². The summed E-state index contributed by atoms with van der Waals surface area (Å²) in [4.78, 5) is 40.4. The van der Waals surface area contributed by atoms with Crippen LogP contribution in [0.1, 0.15) is 44.3 Å². The van der Waals surface area contributed by atoms with Gasteiger partial charge in [-0.15, -0.1) is 0 Å². The Bertz CT molecular complexity index is 1760. The molecule has 2 aromatic carbocycles. The van der Waals surface area contributed by atoms with Crippen molar-refractivity contribution < 1.29 is 33.7 Å². The molecular formula is C31H21NO7. The van der Waals surface area contributed by atoms with Crippen LogP contribution in [0.2, 0.25) is 0 Å². The first-order chi connectivity index (χ1) is 18.8. The molecule has 0 spiro atoms. The van der Waals surface area contributed by atoms with Crippen LogP contribution in [-0.4, -0.2) is 48.5 Å². The first-order valence-electron chi connectivity index (χ1n) is 12.4. The first-order valence-corrected chi connectivity index (χ1v) is 12.4. The number of hydrogen-bond donors (Lipinski definition) is 2. The molecule has 8 heteroatoms. The number of esters is 1. The van der Waals surface area contributed by atoms with Crippen LogP contribution in [0.25, 0.3) is 0 Å². The van der Waals surface area contributed by atoms with E-state index in [1.165, 1.54) is 20.3 Å². The molecule has 2 aromatic rings. The number of carbonyl (C=O) groups is 3. The minimum Gasteiger partial charge on any atom is -0.507 e. The van der Waals surface area contributed by atoms with E-state index in [-0.39, 0.29) is 39.3 Å². The van der Waals surface area contributed by atoms with Crippen molar-refractivity contribution in [2.45, 2.75) is 24.2 Å². The quantitative estimate of drug-likeness (QED) is 0.230. The maximum absolute atomic E-state index is 13.9. The van der Waals surface area contributed by atoms with Gasteiger partial charge < -0.3 is 24.6 Å². The van der Waals surface area contributed by atoms with Crippen molar-refractivity contribution in [1.82, 2.24) is 0 Å². The Labute approximate surface area is 223 Å². The lowest BCUT2D eigenvalue weighted by atomic mass is 9.59. The molecule has 3 aliphatic carbocycles. The van der Waals surface area contributed by atoms with Crippen LogP contribution >= 0.6 is 0 Å². The average molecular weight is 520 g/mol. The summed E-state index contributed by atoms with van der Waals surface area (Å²) in [7, 11) is 2.75. The topological polar surface area (TPSA) is 114 Å². The van der Waals surface area contributed by atoms with E-state index in [4.69, 9.17) is 14.2 Å².